The van der Waals surface area contributed by atoms with E-state index in [-0.39, 0.29) is 5.76 Å². The van der Waals surface area contributed by atoms with Gasteiger partial charge in [-0.25, -0.2) is 4.79 Å². The van der Waals surface area contributed by atoms with E-state index < -0.39 is 18.0 Å². The number of esters is 1. The molecule has 0 radical (unpaired) electrons. The number of amides is 1. The van der Waals surface area contributed by atoms with Crippen LogP contribution in [-0.4, -0.2) is 11.9 Å². The van der Waals surface area contributed by atoms with Gasteiger partial charge < -0.3 is 14.5 Å². The van der Waals surface area contributed by atoms with Crippen molar-refractivity contribution in [3.63, 3.8) is 0 Å². The zero-order chi connectivity index (χ0) is 22.0. The van der Waals surface area contributed by atoms with Crippen molar-refractivity contribution in [2.45, 2.75) is 26.9 Å². The Bertz CT molecular complexity index is 1260. The number of carbonyl (C=O) groups excluding carboxylic acids is 2. The van der Waals surface area contributed by atoms with Gasteiger partial charge in [0, 0.05) is 22.2 Å². The van der Waals surface area contributed by atoms with Gasteiger partial charge in [0.15, 0.2) is 0 Å². The average molecular weight is 413 g/mol. The van der Waals surface area contributed by atoms with Gasteiger partial charge in [-0.05, 0) is 44.0 Å². The molecule has 5 heteroatoms. The number of para-hydroxylation sites is 1. The van der Waals surface area contributed by atoms with Crippen molar-refractivity contribution in [3.8, 4) is 0 Å². The summed E-state index contributed by atoms with van der Waals surface area (Å²) in [5.74, 6) is -1.01. The number of furan rings is 1. The van der Waals surface area contributed by atoms with Crippen LogP contribution in [-0.2, 0) is 9.53 Å². The summed E-state index contributed by atoms with van der Waals surface area (Å²) in [5.41, 5.74) is 4.48. The van der Waals surface area contributed by atoms with E-state index in [1.807, 2.05) is 56.3 Å². The summed E-state index contributed by atoms with van der Waals surface area (Å²) in [5, 5.41) is 3.74. The summed E-state index contributed by atoms with van der Waals surface area (Å²) < 4.78 is 11.4. The Morgan fingerprint density at radius 3 is 2.35 bits per heavy atom. The predicted octanol–water partition coefficient (Wildman–Crippen LogP) is 5.89. The lowest BCUT2D eigenvalue weighted by atomic mass is 10.1. The molecular formula is C26H23NO4. The highest BCUT2D eigenvalue weighted by atomic mass is 16.6. The minimum absolute atomic E-state index is 0.0988. The van der Waals surface area contributed by atoms with Crippen molar-refractivity contribution in [2.24, 2.45) is 0 Å². The van der Waals surface area contributed by atoms with Crippen LogP contribution in [0.25, 0.3) is 11.0 Å². The zero-order valence-electron chi connectivity index (χ0n) is 17.6. The predicted molar refractivity (Wildman–Crippen MR) is 120 cm³/mol. The summed E-state index contributed by atoms with van der Waals surface area (Å²) in [6.45, 7) is 5.67. The number of nitrogens with one attached hydrogen (secondary N) is 1. The van der Waals surface area contributed by atoms with Crippen molar-refractivity contribution in [1.82, 2.24) is 0 Å². The van der Waals surface area contributed by atoms with Crippen molar-refractivity contribution in [1.29, 1.82) is 0 Å². The molecule has 0 aliphatic carbocycles. The third-order valence-corrected chi connectivity index (χ3v) is 5.25. The smallest absolute Gasteiger partial charge is 0.375 e. The first-order valence-electron chi connectivity index (χ1n) is 10.1. The van der Waals surface area contributed by atoms with Crippen molar-refractivity contribution in [2.75, 3.05) is 5.32 Å². The molecule has 3 aromatic carbocycles. The third-order valence-electron chi connectivity index (χ3n) is 5.25. The minimum atomic E-state index is -1.12. The maximum Gasteiger partial charge on any atom is 0.375 e. The number of anilines is 1. The van der Waals surface area contributed by atoms with E-state index in [0.717, 1.165) is 16.5 Å². The van der Waals surface area contributed by atoms with E-state index in [0.29, 0.717) is 22.4 Å². The summed E-state index contributed by atoms with van der Waals surface area (Å²) in [7, 11) is 0. The lowest BCUT2D eigenvalue weighted by Gasteiger charge is -2.18. The third kappa shape index (κ3) is 4.21. The Hall–Kier alpha value is -3.86. The van der Waals surface area contributed by atoms with Gasteiger partial charge in [-0.15, -0.1) is 0 Å². The Kier molecular flexibility index (Phi) is 5.58. The fourth-order valence-corrected chi connectivity index (χ4v) is 3.50. The van der Waals surface area contributed by atoms with Crippen LogP contribution in [0.5, 0.6) is 0 Å². The van der Waals surface area contributed by atoms with E-state index in [2.05, 4.69) is 5.32 Å². The van der Waals surface area contributed by atoms with Crippen molar-refractivity contribution in [3.05, 3.63) is 101 Å². The monoisotopic (exact) mass is 413 g/mol. The Balaban J connectivity index is 1.65. The Morgan fingerprint density at radius 1 is 0.903 bits per heavy atom. The van der Waals surface area contributed by atoms with E-state index in [1.54, 1.807) is 37.3 Å². The summed E-state index contributed by atoms with van der Waals surface area (Å²) in [4.78, 5) is 26.2. The molecule has 1 atom stereocenters. The molecule has 1 aromatic heterocycles. The second-order valence-electron chi connectivity index (χ2n) is 7.56. The van der Waals surface area contributed by atoms with Gasteiger partial charge in [0.05, 0.1) is 0 Å². The van der Waals surface area contributed by atoms with Gasteiger partial charge in [-0.3, -0.25) is 4.79 Å². The largest absolute Gasteiger partial charge is 0.449 e. The molecule has 5 nitrogen and oxygen atoms in total. The highest BCUT2D eigenvalue weighted by Gasteiger charge is 2.29. The number of ether oxygens (including phenoxy) is 1. The maximum atomic E-state index is 13.2. The van der Waals surface area contributed by atoms with Crippen LogP contribution in [0, 0.1) is 20.8 Å². The molecule has 0 aliphatic heterocycles. The standard InChI is InChI=1S/C26H23NO4/c1-16-13-14-17(2)21(15-16)27-25(28)24(19-9-5-4-6-10-19)31-26(29)23-18(3)20-11-7-8-12-22(20)30-23/h4-15,24H,1-3H3,(H,27,28)/t24-/m1/s1. The zero-order valence-corrected chi connectivity index (χ0v) is 17.6. The van der Waals surface area contributed by atoms with Gasteiger partial charge in [-0.1, -0.05) is 60.7 Å². The molecule has 1 heterocycles. The van der Waals surface area contributed by atoms with Crippen molar-refractivity contribution < 1.29 is 18.7 Å². The number of hydrogen-bond donors (Lipinski definition) is 1. The molecular weight excluding hydrogens is 390 g/mol. The lowest BCUT2D eigenvalue weighted by molar-refractivity contribution is -0.125. The average Bonchev–Trinajstić information content (AvgIpc) is 3.12. The van der Waals surface area contributed by atoms with Crippen LogP contribution >= 0.6 is 0 Å². The first kappa shape index (κ1) is 20.4. The molecule has 0 fully saturated rings. The fourth-order valence-electron chi connectivity index (χ4n) is 3.50. The molecule has 1 N–H and O–H groups in total. The summed E-state index contributed by atoms with van der Waals surface area (Å²) >= 11 is 0. The number of fused-ring (bicyclic) bond motifs is 1. The maximum absolute atomic E-state index is 13.2. The number of aryl methyl sites for hydroxylation is 3. The van der Waals surface area contributed by atoms with E-state index in [9.17, 15) is 9.59 Å². The molecule has 1 amide bonds. The van der Waals surface area contributed by atoms with Gasteiger partial charge in [0.2, 0.25) is 11.9 Å². The summed E-state index contributed by atoms with van der Waals surface area (Å²) in [6.07, 6.45) is -1.12. The molecule has 0 saturated carbocycles. The van der Waals surface area contributed by atoms with Gasteiger partial charge >= 0.3 is 5.97 Å². The normalized spacial score (nSPS) is 11.8. The topological polar surface area (TPSA) is 68.5 Å². The molecule has 4 rings (SSSR count). The molecule has 0 bridgehead atoms. The van der Waals surface area contributed by atoms with E-state index in [1.165, 1.54) is 0 Å². The molecule has 0 saturated heterocycles. The van der Waals surface area contributed by atoms with Crippen LogP contribution in [0.1, 0.15) is 38.9 Å². The fraction of sp³-hybridized carbons (Fsp3) is 0.154. The molecule has 0 aliphatic rings. The quantitative estimate of drug-likeness (QED) is 0.414. The van der Waals surface area contributed by atoms with Gasteiger partial charge in [-0.2, -0.15) is 0 Å². The number of rotatable bonds is 5. The Morgan fingerprint density at radius 2 is 1.61 bits per heavy atom. The number of carbonyl (C=O) groups is 2. The Labute approximate surface area is 180 Å². The van der Waals surface area contributed by atoms with Crippen LogP contribution in [0.3, 0.4) is 0 Å². The molecule has 0 spiro atoms. The minimum Gasteiger partial charge on any atom is -0.449 e. The van der Waals surface area contributed by atoms with Crippen LogP contribution in [0.4, 0.5) is 5.69 Å². The number of benzene rings is 3. The number of hydrogen-bond acceptors (Lipinski definition) is 4. The molecule has 156 valence electrons. The highest BCUT2D eigenvalue weighted by molar-refractivity contribution is 6.00. The molecule has 4 aromatic rings. The molecule has 0 unspecified atom stereocenters. The first-order chi connectivity index (χ1) is 14.9. The summed E-state index contributed by atoms with van der Waals surface area (Å²) in [6, 6.07) is 22.1. The second-order valence-corrected chi connectivity index (χ2v) is 7.56. The van der Waals surface area contributed by atoms with Crippen LogP contribution in [0.15, 0.2) is 77.2 Å². The van der Waals surface area contributed by atoms with E-state index in [4.69, 9.17) is 9.15 Å². The van der Waals surface area contributed by atoms with Crippen LogP contribution in [0.2, 0.25) is 0 Å². The first-order valence-corrected chi connectivity index (χ1v) is 10.1. The molecule has 31 heavy (non-hydrogen) atoms. The van der Waals surface area contributed by atoms with E-state index >= 15 is 0 Å². The second kappa shape index (κ2) is 8.48. The van der Waals surface area contributed by atoms with Gasteiger partial charge in [0.1, 0.15) is 5.58 Å². The SMILES string of the molecule is Cc1ccc(C)c(NC(=O)[C@H](OC(=O)c2oc3ccccc3c2C)c2ccccc2)c1. The van der Waals surface area contributed by atoms with Gasteiger partial charge in [0.25, 0.3) is 5.91 Å². The lowest BCUT2D eigenvalue weighted by Crippen LogP contribution is -2.26. The van der Waals surface area contributed by atoms with Crippen LogP contribution < -0.4 is 5.32 Å². The highest BCUT2D eigenvalue weighted by Crippen LogP contribution is 2.28. The van der Waals surface area contributed by atoms with Crippen molar-refractivity contribution >= 4 is 28.5 Å².